The number of carbonyl (C=O) groups excluding carboxylic acids is 1. The highest BCUT2D eigenvalue weighted by Crippen LogP contribution is 2.21. The number of anilines is 1. The van der Waals surface area contributed by atoms with Crippen molar-refractivity contribution < 1.29 is 4.79 Å². The molecule has 0 atom stereocenters. The molecule has 2 N–H and O–H groups in total. The second kappa shape index (κ2) is 8.03. The molecule has 21 heavy (non-hydrogen) atoms. The molecule has 0 saturated carbocycles. The maximum absolute atomic E-state index is 11.9. The number of amides is 1. The normalized spacial score (nSPS) is 11.0. The number of hydrogen-bond acceptors (Lipinski definition) is 3. The standard InChI is InChI=1S/C17H29N3O/c1-12(2)18-10-15-9-14(5)7-8-16(15)20(6)11-17(21)19-13(3)4/h7-9,12-13,18H,10-11H2,1-6H3,(H,19,21). The van der Waals surface area contributed by atoms with Crippen molar-refractivity contribution in [1.82, 2.24) is 10.6 Å². The summed E-state index contributed by atoms with van der Waals surface area (Å²) in [4.78, 5) is 13.9. The molecule has 4 heteroatoms. The summed E-state index contributed by atoms with van der Waals surface area (Å²) in [5, 5.41) is 6.37. The van der Waals surface area contributed by atoms with Crippen LogP contribution in [0.1, 0.15) is 38.8 Å². The van der Waals surface area contributed by atoms with Crippen molar-refractivity contribution in [2.75, 3.05) is 18.5 Å². The molecule has 0 spiro atoms. The van der Waals surface area contributed by atoms with Crippen molar-refractivity contribution in [3.63, 3.8) is 0 Å². The predicted octanol–water partition coefficient (Wildman–Crippen LogP) is 2.45. The fourth-order valence-electron chi connectivity index (χ4n) is 2.21. The van der Waals surface area contributed by atoms with Gasteiger partial charge in [0.05, 0.1) is 6.54 Å². The van der Waals surface area contributed by atoms with E-state index in [0.717, 1.165) is 12.2 Å². The van der Waals surface area contributed by atoms with Crippen molar-refractivity contribution in [2.45, 2.75) is 53.2 Å². The van der Waals surface area contributed by atoms with Crippen LogP contribution in [0.2, 0.25) is 0 Å². The van der Waals surface area contributed by atoms with Gasteiger partial charge in [0, 0.05) is 31.4 Å². The van der Waals surface area contributed by atoms with Crippen LogP contribution < -0.4 is 15.5 Å². The monoisotopic (exact) mass is 291 g/mol. The molecule has 1 rings (SSSR count). The number of nitrogens with one attached hydrogen (secondary N) is 2. The van der Waals surface area contributed by atoms with Gasteiger partial charge >= 0.3 is 0 Å². The fraction of sp³-hybridized carbons (Fsp3) is 0.588. The third-order valence-corrected chi connectivity index (χ3v) is 3.18. The zero-order valence-corrected chi connectivity index (χ0v) is 14.2. The summed E-state index contributed by atoms with van der Waals surface area (Å²) in [6.07, 6.45) is 0. The second-order valence-corrected chi connectivity index (χ2v) is 6.25. The van der Waals surface area contributed by atoms with E-state index in [-0.39, 0.29) is 11.9 Å². The van der Waals surface area contributed by atoms with Gasteiger partial charge in [-0.25, -0.2) is 0 Å². The van der Waals surface area contributed by atoms with E-state index in [0.29, 0.717) is 12.6 Å². The highest BCUT2D eigenvalue weighted by Gasteiger charge is 2.12. The van der Waals surface area contributed by atoms with Gasteiger partial charge in [-0.3, -0.25) is 4.79 Å². The number of likely N-dealkylation sites (N-methyl/N-ethyl adjacent to an activating group) is 1. The van der Waals surface area contributed by atoms with Crippen LogP contribution in [0.4, 0.5) is 5.69 Å². The molecule has 0 unspecified atom stereocenters. The van der Waals surface area contributed by atoms with Crippen molar-refractivity contribution >= 4 is 11.6 Å². The Hall–Kier alpha value is -1.55. The van der Waals surface area contributed by atoms with E-state index in [1.165, 1.54) is 11.1 Å². The highest BCUT2D eigenvalue weighted by molar-refractivity contribution is 5.81. The number of benzene rings is 1. The Balaban J connectivity index is 2.82. The zero-order chi connectivity index (χ0) is 16.0. The van der Waals surface area contributed by atoms with Crippen LogP contribution in [0.25, 0.3) is 0 Å². The van der Waals surface area contributed by atoms with E-state index in [9.17, 15) is 4.79 Å². The Labute approximate surface area is 128 Å². The summed E-state index contributed by atoms with van der Waals surface area (Å²) in [5.41, 5.74) is 3.57. The minimum Gasteiger partial charge on any atom is -0.365 e. The topological polar surface area (TPSA) is 44.4 Å². The molecule has 118 valence electrons. The van der Waals surface area contributed by atoms with Crippen LogP contribution in [0, 0.1) is 6.92 Å². The Morgan fingerprint density at radius 2 is 1.86 bits per heavy atom. The van der Waals surface area contributed by atoms with Gasteiger partial charge in [-0.2, -0.15) is 0 Å². The summed E-state index contributed by atoms with van der Waals surface area (Å²) >= 11 is 0. The molecule has 0 aliphatic heterocycles. The van der Waals surface area contributed by atoms with Crippen LogP contribution in [0.3, 0.4) is 0 Å². The maximum Gasteiger partial charge on any atom is 0.239 e. The quantitative estimate of drug-likeness (QED) is 0.811. The van der Waals surface area contributed by atoms with Crippen molar-refractivity contribution in [2.24, 2.45) is 0 Å². The van der Waals surface area contributed by atoms with Crippen molar-refractivity contribution in [1.29, 1.82) is 0 Å². The Bertz CT molecular complexity index is 469. The third kappa shape index (κ3) is 6.17. The number of carbonyl (C=O) groups is 1. The SMILES string of the molecule is Cc1ccc(N(C)CC(=O)NC(C)C)c(CNC(C)C)c1. The first-order valence-electron chi connectivity index (χ1n) is 7.63. The molecule has 0 heterocycles. The fourth-order valence-corrected chi connectivity index (χ4v) is 2.21. The van der Waals surface area contributed by atoms with Gasteiger partial charge in [0.1, 0.15) is 0 Å². The van der Waals surface area contributed by atoms with Gasteiger partial charge in [-0.15, -0.1) is 0 Å². The van der Waals surface area contributed by atoms with E-state index < -0.39 is 0 Å². The van der Waals surface area contributed by atoms with E-state index >= 15 is 0 Å². The number of hydrogen-bond donors (Lipinski definition) is 2. The predicted molar refractivity (Wildman–Crippen MR) is 89.7 cm³/mol. The molecule has 1 aromatic carbocycles. The summed E-state index contributed by atoms with van der Waals surface area (Å²) in [6.45, 7) is 11.5. The number of nitrogens with zero attached hydrogens (tertiary/aromatic N) is 1. The molecule has 1 aromatic rings. The molecular formula is C17H29N3O. The lowest BCUT2D eigenvalue weighted by molar-refractivity contribution is -0.120. The first-order chi connectivity index (χ1) is 9.79. The van der Waals surface area contributed by atoms with Crippen molar-refractivity contribution in [3.8, 4) is 0 Å². The summed E-state index contributed by atoms with van der Waals surface area (Å²) in [6, 6.07) is 6.97. The number of aryl methyl sites for hydroxylation is 1. The van der Waals surface area contributed by atoms with Gasteiger partial charge in [0.15, 0.2) is 0 Å². The van der Waals surface area contributed by atoms with Crippen LogP contribution in [-0.4, -0.2) is 31.6 Å². The third-order valence-electron chi connectivity index (χ3n) is 3.18. The molecule has 0 fully saturated rings. The Morgan fingerprint density at radius 3 is 2.43 bits per heavy atom. The zero-order valence-electron chi connectivity index (χ0n) is 14.2. The maximum atomic E-state index is 11.9. The van der Waals surface area contributed by atoms with Gasteiger partial charge in [0.2, 0.25) is 5.91 Å². The molecule has 0 aliphatic rings. The molecule has 0 bridgehead atoms. The van der Waals surface area contributed by atoms with Crippen LogP contribution >= 0.6 is 0 Å². The minimum absolute atomic E-state index is 0.0517. The second-order valence-electron chi connectivity index (χ2n) is 6.25. The molecule has 1 amide bonds. The average Bonchev–Trinajstić information content (AvgIpc) is 2.34. The molecule has 0 aliphatic carbocycles. The molecule has 4 nitrogen and oxygen atoms in total. The summed E-state index contributed by atoms with van der Waals surface area (Å²) in [5.74, 6) is 0.0517. The smallest absolute Gasteiger partial charge is 0.239 e. The van der Waals surface area contributed by atoms with Gasteiger partial charge in [0.25, 0.3) is 0 Å². The van der Waals surface area contributed by atoms with Crippen LogP contribution in [-0.2, 0) is 11.3 Å². The van der Waals surface area contributed by atoms with Gasteiger partial charge < -0.3 is 15.5 Å². The van der Waals surface area contributed by atoms with Crippen molar-refractivity contribution in [3.05, 3.63) is 29.3 Å². The van der Waals surface area contributed by atoms with E-state index in [1.807, 2.05) is 25.8 Å². The largest absolute Gasteiger partial charge is 0.365 e. The van der Waals surface area contributed by atoms with Gasteiger partial charge in [-0.1, -0.05) is 31.5 Å². The molecule has 0 radical (unpaired) electrons. The summed E-state index contributed by atoms with van der Waals surface area (Å²) < 4.78 is 0. The van der Waals surface area contributed by atoms with Crippen LogP contribution in [0.15, 0.2) is 18.2 Å². The lowest BCUT2D eigenvalue weighted by atomic mass is 10.1. The summed E-state index contributed by atoms with van der Waals surface area (Å²) in [7, 11) is 1.96. The number of rotatable bonds is 7. The molecule has 0 saturated heterocycles. The van der Waals surface area contributed by atoms with E-state index in [1.54, 1.807) is 0 Å². The van der Waals surface area contributed by atoms with E-state index in [2.05, 4.69) is 49.6 Å². The molecular weight excluding hydrogens is 262 g/mol. The van der Waals surface area contributed by atoms with Crippen LogP contribution in [0.5, 0.6) is 0 Å². The lowest BCUT2D eigenvalue weighted by Gasteiger charge is -2.23. The Morgan fingerprint density at radius 1 is 1.19 bits per heavy atom. The minimum atomic E-state index is 0.0517. The first-order valence-corrected chi connectivity index (χ1v) is 7.63. The van der Waals surface area contributed by atoms with E-state index in [4.69, 9.17) is 0 Å². The van der Waals surface area contributed by atoms with Gasteiger partial charge in [-0.05, 0) is 32.4 Å². The lowest BCUT2D eigenvalue weighted by Crippen LogP contribution is -2.39. The first kappa shape index (κ1) is 17.5. The average molecular weight is 291 g/mol. The Kier molecular flexibility index (Phi) is 6.69. The molecule has 0 aromatic heterocycles. The highest BCUT2D eigenvalue weighted by atomic mass is 16.2.